The molecule has 0 amide bonds. The van der Waals surface area contributed by atoms with E-state index in [0.29, 0.717) is 6.54 Å². The fourth-order valence-corrected chi connectivity index (χ4v) is 3.50. The third kappa shape index (κ3) is 6.73. The molecule has 0 aliphatic carbocycles. The van der Waals surface area contributed by atoms with Gasteiger partial charge in [-0.05, 0) is 43.2 Å². The molecule has 0 unspecified atom stereocenters. The summed E-state index contributed by atoms with van der Waals surface area (Å²) >= 11 is 1.79. The molecule has 5 nitrogen and oxygen atoms in total. The molecular weight excluding hydrogens is 473 g/mol. The van der Waals surface area contributed by atoms with Gasteiger partial charge in [-0.1, -0.05) is 6.08 Å². The third-order valence-corrected chi connectivity index (χ3v) is 4.89. The number of guanidine groups is 1. The van der Waals surface area contributed by atoms with Gasteiger partial charge in [0.2, 0.25) is 0 Å². The molecule has 0 spiro atoms. The molecule has 7 heteroatoms. The minimum Gasteiger partial charge on any atom is -0.493 e. The number of nitrogens with one attached hydrogen (secondary N) is 2. The van der Waals surface area contributed by atoms with E-state index < -0.39 is 0 Å². The molecule has 0 fully saturated rings. The Kier molecular flexibility index (Phi) is 10.2. The molecule has 0 aliphatic rings. The van der Waals surface area contributed by atoms with Crippen LogP contribution in [0.1, 0.15) is 20.9 Å². The van der Waals surface area contributed by atoms with Crippen LogP contribution in [0.25, 0.3) is 0 Å². The summed E-state index contributed by atoms with van der Waals surface area (Å²) in [5, 5.41) is 6.68. The Morgan fingerprint density at radius 3 is 2.48 bits per heavy atom. The molecule has 1 aromatic heterocycles. The summed E-state index contributed by atoms with van der Waals surface area (Å²) in [7, 11) is 5.07. The molecule has 27 heavy (non-hydrogen) atoms. The molecule has 1 aromatic carbocycles. The molecule has 2 N–H and O–H groups in total. The van der Waals surface area contributed by atoms with Gasteiger partial charge in [0.1, 0.15) is 0 Å². The fourth-order valence-electron chi connectivity index (χ4n) is 2.67. The summed E-state index contributed by atoms with van der Waals surface area (Å²) in [6.45, 7) is 7.32. The van der Waals surface area contributed by atoms with Crippen molar-refractivity contribution in [1.29, 1.82) is 0 Å². The summed E-state index contributed by atoms with van der Waals surface area (Å²) in [4.78, 5) is 6.88. The summed E-state index contributed by atoms with van der Waals surface area (Å²) in [5.74, 6) is 2.24. The lowest BCUT2D eigenvalue weighted by Gasteiger charge is -2.16. The quantitative estimate of drug-likeness (QED) is 0.245. The molecule has 0 atom stereocenters. The Balaban J connectivity index is 0.00000364. The predicted octanol–water partition coefficient (Wildman–Crippen LogP) is 4.29. The number of benzene rings is 1. The average molecular weight is 501 g/mol. The zero-order valence-electron chi connectivity index (χ0n) is 16.3. The molecular formula is C20H28IN3O2S. The normalized spacial score (nSPS) is 10.7. The highest BCUT2D eigenvalue weighted by molar-refractivity contribution is 14.0. The van der Waals surface area contributed by atoms with Crippen LogP contribution in [0.5, 0.6) is 11.5 Å². The maximum atomic E-state index is 5.48. The number of aryl methyl sites for hydroxylation is 1. The monoisotopic (exact) mass is 501 g/mol. The standard InChI is InChI=1S/C20H27N3O2S.HI/c1-6-7-16-10-15(11-18(24-4)19(16)25-5)12-22-20(21-3)23-13-17-9-8-14(2)26-17;/h6,8-11H,1,7,12-13H2,2-5H3,(H2,21,22,23);1H. The summed E-state index contributed by atoms with van der Waals surface area (Å²) in [6.07, 6.45) is 2.58. The Hall–Kier alpha value is -1.74. The van der Waals surface area contributed by atoms with Crippen molar-refractivity contribution in [3.05, 3.63) is 57.8 Å². The molecule has 148 valence electrons. The van der Waals surface area contributed by atoms with Crippen LogP contribution >= 0.6 is 35.3 Å². The first-order valence-electron chi connectivity index (χ1n) is 8.45. The van der Waals surface area contributed by atoms with Crippen LogP contribution in [0.4, 0.5) is 0 Å². The van der Waals surface area contributed by atoms with Gasteiger partial charge in [-0.15, -0.1) is 41.9 Å². The van der Waals surface area contributed by atoms with Gasteiger partial charge < -0.3 is 20.1 Å². The highest BCUT2D eigenvalue weighted by Crippen LogP contribution is 2.33. The van der Waals surface area contributed by atoms with Crippen molar-refractivity contribution < 1.29 is 9.47 Å². The number of hydrogen-bond donors (Lipinski definition) is 2. The van der Waals surface area contributed by atoms with Gasteiger partial charge in [0, 0.05) is 28.9 Å². The number of allylic oxidation sites excluding steroid dienone is 1. The van der Waals surface area contributed by atoms with Crippen LogP contribution in [0, 0.1) is 6.92 Å². The van der Waals surface area contributed by atoms with Gasteiger partial charge in [0.05, 0.1) is 20.8 Å². The van der Waals surface area contributed by atoms with Crippen LogP contribution in [0.2, 0.25) is 0 Å². The van der Waals surface area contributed by atoms with Crippen molar-refractivity contribution in [1.82, 2.24) is 10.6 Å². The number of ether oxygens (including phenoxy) is 2. The van der Waals surface area contributed by atoms with Gasteiger partial charge in [0.25, 0.3) is 0 Å². The van der Waals surface area contributed by atoms with Crippen molar-refractivity contribution in [2.45, 2.75) is 26.4 Å². The van der Waals surface area contributed by atoms with E-state index in [2.05, 4.69) is 47.3 Å². The van der Waals surface area contributed by atoms with Crippen LogP contribution in [0.15, 0.2) is 41.9 Å². The Labute approximate surface area is 182 Å². The van der Waals surface area contributed by atoms with Gasteiger partial charge in [-0.2, -0.15) is 0 Å². The molecule has 2 aromatic rings. The molecule has 0 bridgehead atoms. The molecule has 0 saturated heterocycles. The van der Waals surface area contributed by atoms with Crippen LogP contribution in [-0.4, -0.2) is 27.2 Å². The lowest BCUT2D eigenvalue weighted by Crippen LogP contribution is -2.36. The molecule has 0 saturated carbocycles. The van der Waals surface area contributed by atoms with Crippen LogP contribution < -0.4 is 20.1 Å². The maximum Gasteiger partial charge on any atom is 0.191 e. The van der Waals surface area contributed by atoms with Gasteiger partial charge >= 0.3 is 0 Å². The first-order chi connectivity index (χ1) is 12.6. The summed E-state index contributed by atoms with van der Waals surface area (Å²) in [6, 6.07) is 8.35. The SMILES string of the molecule is C=CCc1cc(CNC(=NC)NCc2ccc(C)s2)cc(OC)c1OC.I. The van der Waals surface area contributed by atoms with Crippen LogP contribution in [-0.2, 0) is 19.5 Å². The number of rotatable bonds is 8. The number of nitrogens with zero attached hydrogens (tertiary/aromatic N) is 1. The smallest absolute Gasteiger partial charge is 0.191 e. The van der Waals surface area contributed by atoms with Gasteiger partial charge in [0.15, 0.2) is 17.5 Å². The number of halogens is 1. The zero-order chi connectivity index (χ0) is 18.9. The van der Waals surface area contributed by atoms with E-state index >= 15 is 0 Å². The average Bonchev–Trinajstić information content (AvgIpc) is 3.07. The molecule has 0 radical (unpaired) electrons. The Bertz CT molecular complexity index is 775. The Morgan fingerprint density at radius 2 is 1.93 bits per heavy atom. The van der Waals surface area contributed by atoms with Gasteiger partial charge in [-0.3, -0.25) is 4.99 Å². The van der Waals surface area contributed by atoms with Crippen molar-refractivity contribution in [2.24, 2.45) is 4.99 Å². The second-order valence-corrected chi connectivity index (χ2v) is 7.15. The van der Waals surface area contributed by atoms with E-state index in [1.165, 1.54) is 9.75 Å². The first kappa shape index (κ1) is 23.3. The molecule has 2 rings (SSSR count). The van der Waals surface area contributed by atoms with Crippen molar-refractivity contribution in [3.63, 3.8) is 0 Å². The number of thiophene rings is 1. The van der Waals surface area contributed by atoms with Crippen LogP contribution in [0.3, 0.4) is 0 Å². The second kappa shape index (κ2) is 11.9. The number of aliphatic imine (C=N–C) groups is 1. The lowest BCUT2D eigenvalue weighted by molar-refractivity contribution is 0.352. The maximum absolute atomic E-state index is 5.48. The summed E-state index contributed by atoms with van der Waals surface area (Å²) in [5.41, 5.74) is 2.14. The van der Waals surface area contributed by atoms with E-state index in [1.54, 1.807) is 32.6 Å². The lowest BCUT2D eigenvalue weighted by atomic mass is 10.1. The minimum atomic E-state index is 0. The van der Waals surface area contributed by atoms with Crippen molar-refractivity contribution in [2.75, 3.05) is 21.3 Å². The highest BCUT2D eigenvalue weighted by Gasteiger charge is 2.12. The molecule has 1 heterocycles. The number of methoxy groups -OCH3 is 2. The summed E-state index contributed by atoms with van der Waals surface area (Å²) < 4.78 is 11.0. The largest absolute Gasteiger partial charge is 0.493 e. The van der Waals surface area contributed by atoms with Gasteiger partial charge in [-0.25, -0.2) is 0 Å². The van der Waals surface area contributed by atoms with Crippen molar-refractivity contribution in [3.8, 4) is 11.5 Å². The fraction of sp³-hybridized carbons (Fsp3) is 0.350. The van der Waals surface area contributed by atoms with Crippen molar-refractivity contribution >= 4 is 41.3 Å². The third-order valence-electron chi connectivity index (χ3n) is 3.89. The van der Waals surface area contributed by atoms with E-state index in [-0.39, 0.29) is 24.0 Å². The zero-order valence-corrected chi connectivity index (χ0v) is 19.4. The van der Waals surface area contributed by atoms with E-state index in [0.717, 1.165) is 41.6 Å². The molecule has 0 aliphatic heterocycles. The second-order valence-electron chi connectivity index (χ2n) is 5.77. The predicted molar refractivity (Wildman–Crippen MR) is 125 cm³/mol. The first-order valence-corrected chi connectivity index (χ1v) is 9.27. The number of hydrogen-bond acceptors (Lipinski definition) is 4. The minimum absolute atomic E-state index is 0. The Morgan fingerprint density at radius 1 is 1.19 bits per heavy atom. The van der Waals surface area contributed by atoms with E-state index in [4.69, 9.17) is 9.47 Å². The van der Waals surface area contributed by atoms with E-state index in [9.17, 15) is 0 Å². The topological polar surface area (TPSA) is 54.9 Å². The van der Waals surface area contributed by atoms with E-state index in [1.807, 2.05) is 12.1 Å². The highest BCUT2D eigenvalue weighted by atomic mass is 127.